The maximum absolute atomic E-state index is 12.9. The van der Waals surface area contributed by atoms with Crippen LogP contribution < -0.4 is 0 Å². The van der Waals surface area contributed by atoms with E-state index in [0.717, 1.165) is 89.9 Å². The topological polar surface area (TPSA) is 78.9 Å². The number of hydrogen-bond donors (Lipinski definition) is 0. The summed E-state index contributed by atoms with van der Waals surface area (Å²) >= 11 is 0. The average Bonchev–Trinajstić information content (AvgIpc) is 3.46. The summed E-state index contributed by atoms with van der Waals surface area (Å²) in [5.41, 5.74) is 0. The Labute approximate surface area is 503 Å². The lowest BCUT2D eigenvalue weighted by atomic mass is 10.0. The van der Waals surface area contributed by atoms with Crippen LogP contribution in [-0.2, 0) is 28.6 Å². The van der Waals surface area contributed by atoms with Crippen LogP contribution in [0.1, 0.15) is 367 Å². The Morgan fingerprint density at radius 1 is 0.259 bits per heavy atom. The zero-order valence-electron chi connectivity index (χ0n) is 54.1. The van der Waals surface area contributed by atoms with Crippen LogP contribution in [0.25, 0.3) is 0 Å². The first-order chi connectivity index (χ1) is 40.0. The molecule has 0 amide bonds. The maximum Gasteiger partial charge on any atom is 0.306 e. The zero-order valence-corrected chi connectivity index (χ0v) is 54.1. The minimum Gasteiger partial charge on any atom is -0.462 e. The molecule has 0 aromatic carbocycles. The summed E-state index contributed by atoms with van der Waals surface area (Å²) in [7, 11) is 0. The number of unbranched alkanes of at least 4 members (excludes halogenated alkanes) is 42. The van der Waals surface area contributed by atoms with Gasteiger partial charge in [0.25, 0.3) is 0 Å². The van der Waals surface area contributed by atoms with Gasteiger partial charge >= 0.3 is 17.9 Å². The summed E-state index contributed by atoms with van der Waals surface area (Å²) in [5.74, 6) is -0.985. The van der Waals surface area contributed by atoms with Crippen LogP contribution in [0.15, 0.2) is 72.9 Å². The molecule has 0 fully saturated rings. The molecule has 6 heteroatoms. The second kappa shape index (κ2) is 69.3. The molecular formula is C75H134O6. The summed E-state index contributed by atoms with van der Waals surface area (Å²) in [5, 5.41) is 0. The molecule has 470 valence electrons. The van der Waals surface area contributed by atoms with E-state index in [1.165, 1.54) is 231 Å². The average molecular weight is 1130 g/mol. The first kappa shape index (κ1) is 77.9. The highest BCUT2D eigenvalue weighted by atomic mass is 16.6. The predicted molar refractivity (Wildman–Crippen MR) is 353 cm³/mol. The molecule has 0 spiro atoms. The van der Waals surface area contributed by atoms with Crippen LogP contribution >= 0.6 is 0 Å². The molecule has 0 saturated carbocycles. The standard InChI is InChI=1S/C75H134O6/c1-4-7-10-13-16-19-22-25-27-28-29-30-31-32-33-34-35-36-37-38-39-40-41-42-43-44-45-46-48-50-53-56-59-62-65-68-74(77)80-71-72(70-79-73(76)67-64-61-58-55-52-49-24-21-18-15-12-9-6-3)81-75(78)69-66-63-60-57-54-51-47-26-23-20-17-14-11-8-5-2/h9,12,17-18,20-21,26,47,49,52,58,61,72H,4-8,10-11,13-16,19,22-25,27-46,48,50-51,53-57,59-60,62-71H2,1-3H3/b12-9-,20-17-,21-18-,47-26-,52-49-,61-58-. The van der Waals surface area contributed by atoms with Gasteiger partial charge in [-0.1, -0.05) is 344 Å². The number of ether oxygens (including phenoxy) is 3. The lowest BCUT2D eigenvalue weighted by molar-refractivity contribution is -0.166. The zero-order chi connectivity index (χ0) is 58.5. The van der Waals surface area contributed by atoms with Crippen molar-refractivity contribution in [2.75, 3.05) is 13.2 Å². The molecule has 0 rings (SSSR count). The van der Waals surface area contributed by atoms with Crippen LogP contribution in [0, 0.1) is 0 Å². The van der Waals surface area contributed by atoms with Gasteiger partial charge in [0, 0.05) is 19.3 Å². The number of rotatable bonds is 65. The molecule has 0 aromatic rings. The maximum atomic E-state index is 12.9. The van der Waals surface area contributed by atoms with E-state index >= 15 is 0 Å². The van der Waals surface area contributed by atoms with E-state index in [2.05, 4.69) is 87.6 Å². The Morgan fingerprint density at radius 2 is 0.506 bits per heavy atom. The Kier molecular flexibility index (Phi) is 66.6. The fourth-order valence-corrected chi connectivity index (χ4v) is 10.4. The number of carbonyl (C=O) groups excluding carboxylic acids is 3. The SMILES string of the molecule is CC/C=C\C/C=C\C/C=C\C/C=C\CCC(=O)OCC(COC(=O)CCCCCCCCCCCCCCCCCCCCCCCCCCCCCCCCCCCCC)OC(=O)CCCCCCC/C=C\C/C=C\CCCCC. The van der Waals surface area contributed by atoms with Gasteiger partial charge in [0.05, 0.1) is 0 Å². The predicted octanol–water partition coefficient (Wildman–Crippen LogP) is 24.4. The second-order valence-electron chi connectivity index (χ2n) is 23.8. The van der Waals surface area contributed by atoms with Gasteiger partial charge in [-0.25, -0.2) is 0 Å². The summed E-state index contributed by atoms with van der Waals surface area (Å²) in [6.45, 7) is 6.47. The molecule has 0 aromatic heterocycles. The quantitative estimate of drug-likeness (QED) is 0.0261. The molecule has 0 radical (unpaired) electrons. The summed E-state index contributed by atoms with van der Waals surface area (Å²) < 4.78 is 16.8. The van der Waals surface area contributed by atoms with Gasteiger partial charge in [0.15, 0.2) is 6.10 Å². The van der Waals surface area contributed by atoms with E-state index in [-0.39, 0.29) is 37.5 Å². The van der Waals surface area contributed by atoms with Crippen molar-refractivity contribution in [2.45, 2.75) is 374 Å². The smallest absolute Gasteiger partial charge is 0.306 e. The normalized spacial score (nSPS) is 12.5. The lowest BCUT2D eigenvalue weighted by Crippen LogP contribution is -2.30. The third-order valence-electron chi connectivity index (χ3n) is 15.7. The molecule has 1 unspecified atom stereocenters. The van der Waals surface area contributed by atoms with Gasteiger partial charge in [0.2, 0.25) is 0 Å². The Bertz CT molecular complexity index is 1490. The molecule has 1 atom stereocenters. The van der Waals surface area contributed by atoms with Crippen molar-refractivity contribution in [1.82, 2.24) is 0 Å². The molecule has 0 aliphatic heterocycles. The van der Waals surface area contributed by atoms with Crippen LogP contribution in [0.5, 0.6) is 0 Å². The van der Waals surface area contributed by atoms with Gasteiger partial charge in [-0.2, -0.15) is 0 Å². The molecule has 0 saturated heterocycles. The van der Waals surface area contributed by atoms with Crippen LogP contribution in [0.4, 0.5) is 0 Å². The molecule has 81 heavy (non-hydrogen) atoms. The molecule has 0 bridgehead atoms. The summed E-state index contributed by atoms with van der Waals surface area (Å²) in [6.07, 6.45) is 91.3. The van der Waals surface area contributed by atoms with Crippen LogP contribution in [0.3, 0.4) is 0 Å². The fourth-order valence-electron chi connectivity index (χ4n) is 10.4. The van der Waals surface area contributed by atoms with Crippen molar-refractivity contribution < 1.29 is 28.6 Å². The monoisotopic (exact) mass is 1130 g/mol. The molecule has 0 aliphatic rings. The highest BCUT2D eigenvalue weighted by molar-refractivity contribution is 5.71. The van der Waals surface area contributed by atoms with Crippen molar-refractivity contribution in [2.24, 2.45) is 0 Å². The summed E-state index contributed by atoms with van der Waals surface area (Å²) in [6, 6.07) is 0. The number of carbonyl (C=O) groups is 3. The minimum absolute atomic E-state index is 0.101. The number of hydrogen-bond acceptors (Lipinski definition) is 6. The molecular weight excluding hydrogens is 997 g/mol. The van der Waals surface area contributed by atoms with E-state index in [1.807, 2.05) is 6.08 Å². The van der Waals surface area contributed by atoms with Crippen LogP contribution in [-0.4, -0.2) is 37.2 Å². The van der Waals surface area contributed by atoms with Gasteiger partial charge in [-0.3, -0.25) is 14.4 Å². The number of esters is 3. The van der Waals surface area contributed by atoms with Crippen molar-refractivity contribution in [3.05, 3.63) is 72.9 Å². The highest BCUT2D eigenvalue weighted by Crippen LogP contribution is 2.18. The van der Waals surface area contributed by atoms with Gasteiger partial charge < -0.3 is 14.2 Å². The first-order valence-electron chi connectivity index (χ1n) is 35.4. The third kappa shape index (κ3) is 67.5. The van der Waals surface area contributed by atoms with E-state index in [1.54, 1.807) is 0 Å². The molecule has 0 N–H and O–H groups in total. The van der Waals surface area contributed by atoms with Crippen molar-refractivity contribution in [3.63, 3.8) is 0 Å². The Morgan fingerprint density at radius 3 is 0.852 bits per heavy atom. The van der Waals surface area contributed by atoms with Gasteiger partial charge in [0.1, 0.15) is 13.2 Å². The first-order valence-corrected chi connectivity index (χ1v) is 35.4. The van der Waals surface area contributed by atoms with Gasteiger partial charge in [-0.05, 0) is 77.0 Å². The van der Waals surface area contributed by atoms with Crippen LogP contribution in [0.2, 0.25) is 0 Å². The van der Waals surface area contributed by atoms with E-state index < -0.39 is 6.10 Å². The molecule has 0 aliphatic carbocycles. The largest absolute Gasteiger partial charge is 0.462 e. The fraction of sp³-hybridized carbons (Fsp3) is 0.800. The Hall–Kier alpha value is -3.15. The van der Waals surface area contributed by atoms with Crippen molar-refractivity contribution >= 4 is 17.9 Å². The molecule has 0 heterocycles. The van der Waals surface area contributed by atoms with Gasteiger partial charge in [-0.15, -0.1) is 0 Å². The van der Waals surface area contributed by atoms with E-state index in [4.69, 9.17) is 14.2 Å². The Balaban J connectivity index is 4.09. The molecule has 6 nitrogen and oxygen atoms in total. The number of allylic oxidation sites excluding steroid dienone is 12. The third-order valence-corrected chi connectivity index (χ3v) is 15.7. The second-order valence-corrected chi connectivity index (χ2v) is 23.8. The van der Waals surface area contributed by atoms with E-state index in [9.17, 15) is 14.4 Å². The highest BCUT2D eigenvalue weighted by Gasteiger charge is 2.19. The lowest BCUT2D eigenvalue weighted by Gasteiger charge is -2.18. The minimum atomic E-state index is -0.811. The van der Waals surface area contributed by atoms with Crippen molar-refractivity contribution in [3.8, 4) is 0 Å². The van der Waals surface area contributed by atoms with Crippen molar-refractivity contribution in [1.29, 1.82) is 0 Å². The van der Waals surface area contributed by atoms with E-state index in [0.29, 0.717) is 19.3 Å². The summed E-state index contributed by atoms with van der Waals surface area (Å²) in [4.78, 5) is 38.2.